The Bertz CT molecular complexity index is 1390. The monoisotopic (exact) mass is 517 g/mol. The van der Waals surface area contributed by atoms with Crippen LogP contribution in [0.3, 0.4) is 0 Å². The number of nitrogens with zero attached hydrogens (tertiary/aromatic N) is 5. The molecule has 6 rings (SSSR count). The van der Waals surface area contributed by atoms with Gasteiger partial charge < -0.3 is 20.3 Å². The number of alkyl halides is 2. The molecule has 1 atom stereocenters. The van der Waals surface area contributed by atoms with E-state index < -0.39 is 5.92 Å². The Kier molecular flexibility index (Phi) is 5.62. The first-order valence-corrected chi connectivity index (χ1v) is 12.5. The summed E-state index contributed by atoms with van der Waals surface area (Å²) in [6.07, 6.45) is 5.75. The van der Waals surface area contributed by atoms with Crippen molar-refractivity contribution in [1.29, 1.82) is 0 Å². The average Bonchev–Trinajstić information content (AvgIpc) is 3.71. The van der Waals surface area contributed by atoms with Gasteiger partial charge in [-0.25, -0.2) is 18.7 Å². The van der Waals surface area contributed by atoms with Gasteiger partial charge in [0.15, 0.2) is 5.82 Å². The summed E-state index contributed by atoms with van der Waals surface area (Å²) in [5, 5.41) is 7.79. The lowest BCUT2D eigenvalue weighted by Crippen LogP contribution is -2.40. The molecule has 0 aromatic carbocycles. The second kappa shape index (κ2) is 8.72. The molecule has 3 aromatic rings. The number of hydrogen-bond donors (Lipinski definition) is 2. The fourth-order valence-electron chi connectivity index (χ4n) is 4.90. The number of halogens is 3. The molecule has 0 radical (unpaired) electrons. The van der Waals surface area contributed by atoms with E-state index in [4.69, 9.17) is 16.3 Å². The second-order valence-corrected chi connectivity index (χ2v) is 10.1. The predicted molar refractivity (Wildman–Crippen MR) is 134 cm³/mol. The van der Waals surface area contributed by atoms with Crippen molar-refractivity contribution >= 4 is 45.8 Å². The van der Waals surface area contributed by atoms with Gasteiger partial charge in [0.1, 0.15) is 10.7 Å². The maximum absolute atomic E-state index is 13.6. The van der Waals surface area contributed by atoms with E-state index in [1.807, 2.05) is 6.07 Å². The molecule has 5 heterocycles. The van der Waals surface area contributed by atoms with Gasteiger partial charge in [-0.3, -0.25) is 9.36 Å². The minimum atomic E-state index is -2.66. The zero-order valence-corrected chi connectivity index (χ0v) is 20.5. The van der Waals surface area contributed by atoms with Gasteiger partial charge in [-0.05, 0) is 24.8 Å². The van der Waals surface area contributed by atoms with E-state index in [1.165, 1.54) is 23.6 Å². The Hall–Kier alpha value is -3.21. The predicted octanol–water partition coefficient (Wildman–Crippen LogP) is 4.33. The summed E-state index contributed by atoms with van der Waals surface area (Å²) in [7, 11) is 1.67. The number of anilines is 4. The first-order valence-electron chi connectivity index (χ1n) is 12.1. The first kappa shape index (κ1) is 23.2. The van der Waals surface area contributed by atoms with Crippen LogP contribution >= 0.6 is 11.6 Å². The van der Waals surface area contributed by atoms with Crippen molar-refractivity contribution in [2.24, 2.45) is 13.0 Å². The van der Waals surface area contributed by atoms with Gasteiger partial charge in [0, 0.05) is 50.8 Å². The molecule has 9 nitrogen and oxygen atoms in total. The number of piperidine rings is 1. The van der Waals surface area contributed by atoms with Gasteiger partial charge in [-0.1, -0.05) is 11.6 Å². The topological polar surface area (TPSA) is 97.2 Å². The number of aryl methyl sites for hydroxylation is 1. The summed E-state index contributed by atoms with van der Waals surface area (Å²) in [5.41, 5.74) is 1.56. The third kappa shape index (κ3) is 4.29. The molecule has 0 spiro atoms. The molecule has 3 aliphatic rings. The molecule has 2 N–H and O–H groups in total. The van der Waals surface area contributed by atoms with E-state index >= 15 is 0 Å². The minimum Gasteiger partial charge on any atom is -0.486 e. The maximum atomic E-state index is 13.6. The third-order valence-corrected chi connectivity index (χ3v) is 7.42. The van der Waals surface area contributed by atoms with E-state index in [2.05, 4.69) is 25.6 Å². The Labute approximate surface area is 210 Å². The van der Waals surface area contributed by atoms with Crippen LogP contribution in [0.5, 0.6) is 5.75 Å². The van der Waals surface area contributed by atoms with Crippen LogP contribution in [-0.2, 0) is 7.05 Å². The van der Waals surface area contributed by atoms with Crippen molar-refractivity contribution in [2.75, 3.05) is 35.2 Å². The quantitative estimate of drug-likeness (QED) is 0.528. The van der Waals surface area contributed by atoms with Crippen molar-refractivity contribution in [3.05, 3.63) is 33.8 Å². The van der Waals surface area contributed by atoms with Crippen LogP contribution in [0.1, 0.15) is 32.1 Å². The maximum Gasteiger partial charge on any atom is 0.296 e. The molecule has 190 valence electrons. The van der Waals surface area contributed by atoms with Crippen LogP contribution in [0.15, 0.2) is 23.3 Å². The Morgan fingerprint density at radius 1 is 1.19 bits per heavy atom. The molecule has 2 fully saturated rings. The lowest BCUT2D eigenvalue weighted by molar-refractivity contribution is -0.0222. The highest BCUT2D eigenvalue weighted by atomic mass is 35.5. The first-order chi connectivity index (χ1) is 17.3. The lowest BCUT2D eigenvalue weighted by Gasteiger charge is -2.31. The highest BCUT2D eigenvalue weighted by Gasteiger charge is 2.36. The summed E-state index contributed by atoms with van der Waals surface area (Å²) in [5.74, 6) is -1.09. The highest BCUT2D eigenvalue weighted by Crippen LogP contribution is 2.41. The molecular formula is C24H26ClF2N7O2. The van der Waals surface area contributed by atoms with Crippen LogP contribution in [-0.4, -0.2) is 51.2 Å². The van der Waals surface area contributed by atoms with E-state index in [0.717, 1.165) is 11.8 Å². The summed E-state index contributed by atoms with van der Waals surface area (Å²) in [4.78, 5) is 28.0. The molecule has 2 aliphatic heterocycles. The number of hydrogen-bond acceptors (Lipinski definition) is 8. The fraction of sp³-hybridized carbons (Fsp3) is 0.500. The van der Waals surface area contributed by atoms with Crippen molar-refractivity contribution in [1.82, 2.24) is 19.5 Å². The largest absolute Gasteiger partial charge is 0.486 e. The number of fused-ring (bicyclic) bond motifs is 3. The Morgan fingerprint density at radius 3 is 2.72 bits per heavy atom. The average molecular weight is 518 g/mol. The molecule has 36 heavy (non-hydrogen) atoms. The summed E-state index contributed by atoms with van der Waals surface area (Å²) in [6.45, 7) is 0.814. The third-order valence-electron chi connectivity index (χ3n) is 7.15. The van der Waals surface area contributed by atoms with E-state index in [0.29, 0.717) is 47.1 Å². The standard InChI is InChI=1S/C24H26ClF2N7O2/c1-33-21-15(18-19(22(33)35)36-9-4-17(31-18)13-2-3-13)10-14(11-28-21)30-20-16(25)12-29-23(32-20)34-7-5-24(26,27)6-8-34/h10-13,17,31H,2-9H2,1H3,(H,29,30,32)/t17-/m1/s1. The zero-order valence-electron chi connectivity index (χ0n) is 19.7. The molecule has 0 unspecified atom stereocenters. The molecule has 0 amide bonds. The summed E-state index contributed by atoms with van der Waals surface area (Å²) in [6, 6.07) is 2.13. The number of rotatable bonds is 4. The van der Waals surface area contributed by atoms with Crippen LogP contribution < -0.4 is 25.8 Å². The number of pyridine rings is 2. The van der Waals surface area contributed by atoms with Crippen molar-refractivity contribution in [2.45, 2.75) is 44.1 Å². The van der Waals surface area contributed by atoms with E-state index in [9.17, 15) is 13.6 Å². The Morgan fingerprint density at radius 2 is 1.97 bits per heavy atom. The normalized spacial score (nSPS) is 21.3. The van der Waals surface area contributed by atoms with Crippen molar-refractivity contribution in [3.8, 4) is 5.75 Å². The van der Waals surface area contributed by atoms with E-state index in [-0.39, 0.29) is 42.6 Å². The molecule has 1 saturated carbocycles. The van der Waals surface area contributed by atoms with Crippen molar-refractivity contribution < 1.29 is 13.5 Å². The summed E-state index contributed by atoms with van der Waals surface area (Å²) < 4.78 is 34.6. The van der Waals surface area contributed by atoms with Crippen LogP contribution in [0.25, 0.3) is 11.0 Å². The van der Waals surface area contributed by atoms with Gasteiger partial charge in [-0.15, -0.1) is 0 Å². The van der Waals surface area contributed by atoms with Gasteiger partial charge in [-0.2, -0.15) is 4.98 Å². The minimum absolute atomic E-state index is 0.166. The smallest absolute Gasteiger partial charge is 0.296 e. The zero-order chi connectivity index (χ0) is 25.0. The van der Waals surface area contributed by atoms with Crippen molar-refractivity contribution in [3.63, 3.8) is 0 Å². The molecular weight excluding hydrogens is 492 g/mol. The van der Waals surface area contributed by atoms with Gasteiger partial charge >= 0.3 is 0 Å². The van der Waals surface area contributed by atoms with Crippen LogP contribution in [0.4, 0.5) is 31.9 Å². The molecule has 3 aromatic heterocycles. The molecule has 1 aliphatic carbocycles. The Balaban J connectivity index is 1.35. The van der Waals surface area contributed by atoms with Crippen LogP contribution in [0.2, 0.25) is 5.02 Å². The summed E-state index contributed by atoms with van der Waals surface area (Å²) >= 11 is 6.37. The van der Waals surface area contributed by atoms with Gasteiger partial charge in [0.25, 0.3) is 11.5 Å². The number of aromatic nitrogens is 4. The SMILES string of the molecule is Cn1c(=O)c2c(c3cc(Nc4nc(N5CCC(F)(F)CC5)ncc4Cl)cnc31)N[C@@H](C1CC1)CCO2. The van der Waals surface area contributed by atoms with Gasteiger partial charge in [0.05, 0.1) is 30.4 Å². The van der Waals surface area contributed by atoms with Gasteiger partial charge in [0.2, 0.25) is 11.7 Å². The molecule has 12 heteroatoms. The van der Waals surface area contributed by atoms with E-state index in [1.54, 1.807) is 18.1 Å². The number of ether oxygens (including phenoxy) is 1. The molecule has 1 saturated heterocycles. The fourth-order valence-corrected chi connectivity index (χ4v) is 5.04. The number of nitrogens with one attached hydrogen (secondary N) is 2. The lowest BCUT2D eigenvalue weighted by atomic mass is 10.1. The molecule has 0 bridgehead atoms. The highest BCUT2D eigenvalue weighted by molar-refractivity contribution is 6.32. The van der Waals surface area contributed by atoms with Crippen LogP contribution in [0, 0.1) is 5.92 Å². The second-order valence-electron chi connectivity index (χ2n) is 9.72.